The first kappa shape index (κ1) is 16.7. The number of methoxy groups -OCH3 is 2. The summed E-state index contributed by atoms with van der Waals surface area (Å²) in [4.78, 5) is 23.0. The summed E-state index contributed by atoms with van der Waals surface area (Å²) in [5.41, 5.74) is 6.46. The van der Waals surface area contributed by atoms with Crippen molar-refractivity contribution in [3.8, 4) is 5.88 Å². The van der Waals surface area contributed by atoms with Crippen molar-refractivity contribution >= 4 is 23.3 Å². The summed E-state index contributed by atoms with van der Waals surface area (Å²) in [6.45, 7) is -0.494. The predicted octanol–water partition coefficient (Wildman–Crippen LogP) is -0.465. The lowest BCUT2D eigenvalue weighted by Gasteiger charge is -2.15. The van der Waals surface area contributed by atoms with Gasteiger partial charge in [0.05, 0.1) is 27.2 Å². The Hall–Kier alpha value is -2.66. The highest BCUT2D eigenvalue weighted by molar-refractivity contribution is 5.77. The van der Waals surface area contributed by atoms with Crippen LogP contribution in [0.25, 0.3) is 11.2 Å². The summed E-state index contributed by atoms with van der Waals surface area (Å²) in [7, 11) is 2.63. The summed E-state index contributed by atoms with van der Waals surface area (Å²) in [5, 5.41) is 9.23. The van der Waals surface area contributed by atoms with Gasteiger partial charge in [0.25, 0.3) is 0 Å². The Balaban J connectivity index is 2.06. The number of fused-ring (bicyclic) bond motifs is 1. The maximum absolute atomic E-state index is 10.9. The minimum Gasteiger partial charge on any atom is -0.479 e. The molecule has 0 radical (unpaired) electrons. The number of nitrogens with two attached hydrogens (primary N) is 1. The standard InChI is InChI=1S/C12H17N5O6/c1-20-10-8-9(15-11(13)16-10)17(5-14-8)6-23-7(3-18)4-22-12(19)21-2/h5,7,18H,3-4,6H2,1-2H3,(H2,13,15,16). The molecule has 0 bridgehead atoms. The molecule has 0 aliphatic carbocycles. The van der Waals surface area contributed by atoms with Gasteiger partial charge in [-0.1, -0.05) is 0 Å². The van der Waals surface area contributed by atoms with E-state index in [1.165, 1.54) is 20.5 Å². The van der Waals surface area contributed by atoms with Crippen molar-refractivity contribution < 1.29 is 28.8 Å². The van der Waals surface area contributed by atoms with Crippen molar-refractivity contribution in [3.63, 3.8) is 0 Å². The van der Waals surface area contributed by atoms with Crippen molar-refractivity contribution in [1.82, 2.24) is 19.5 Å². The Morgan fingerprint density at radius 3 is 2.87 bits per heavy atom. The molecule has 11 heteroatoms. The number of aliphatic hydroxyl groups excluding tert-OH is 1. The summed E-state index contributed by atoms with van der Waals surface area (Å²) in [6.07, 6.45) is -0.116. The first-order chi connectivity index (χ1) is 11.1. The van der Waals surface area contributed by atoms with E-state index in [0.717, 1.165) is 0 Å². The van der Waals surface area contributed by atoms with E-state index in [1.807, 2.05) is 0 Å². The Kier molecular flexibility index (Phi) is 5.49. The molecule has 0 saturated heterocycles. The molecule has 1 atom stereocenters. The van der Waals surface area contributed by atoms with Gasteiger partial charge in [0.2, 0.25) is 11.8 Å². The van der Waals surface area contributed by atoms with Gasteiger partial charge in [0.1, 0.15) is 19.4 Å². The molecule has 0 aromatic carbocycles. The molecule has 2 aromatic rings. The summed E-state index contributed by atoms with van der Waals surface area (Å²) in [5.74, 6) is 0.280. The van der Waals surface area contributed by atoms with Crippen LogP contribution in [0.3, 0.4) is 0 Å². The number of hydrogen-bond acceptors (Lipinski definition) is 10. The molecule has 3 N–H and O–H groups in total. The molecule has 1 unspecified atom stereocenters. The second-order valence-corrected chi connectivity index (χ2v) is 4.34. The quantitative estimate of drug-likeness (QED) is 0.640. The maximum Gasteiger partial charge on any atom is 0.508 e. The molecule has 0 aliphatic heterocycles. The minimum atomic E-state index is -0.856. The van der Waals surface area contributed by atoms with Crippen molar-refractivity contribution in [2.45, 2.75) is 12.8 Å². The van der Waals surface area contributed by atoms with Gasteiger partial charge in [-0.2, -0.15) is 9.97 Å². The molecule has 23 heavy (non-hydrogen) atoms. The highest BCUT2D eigenvalue weighted by atomic mass is 16.7. The smallest absolute Gasteiger partial charge is 0.479 e. The molecule has 0 fully saturated rings. The van der Waals surface area contributed by atoms with Crippen LogP contribution in [0.4, 0.5) is 10.7 Å². The van der Waals surface area contributed by atoms with Crippen LogP contribution in [-0.2, 0) is 20.9 Å². The van der Waals surface area contributed by atoms with Gasteiger partial charge in [-0.15, -0.1) is 0 Å². The third kappa shape index (κ3) is 3.96. The van der Waals surface area contributed by atoms with E-state index in [9.17, 15) is 9.90 Å². The minimum absolute atomic E-state index is 0.00582. The molecule has 0 spiro atoms. The van der Waals surface area contributed by atoms with Crippen molar-refractivity contribution in [1.29, 1.82) is 0 Å². The van der Waals surface area contributed by atoms with Crippen molar-refractivity contribution in [2.75, 3.05) is 33.2 Å². The van der Waals surface area contributed by atoms with E-state index in [0.29, 0.717) is 11.2 Å². The van der Waals surface area contributed by atoms with E-state index in [2.05, 4.69) is 19.7 Å². The summed E-state index contributed by atoms with van der Waals surface area (Å²) < 4.78 is 21.1. The number of carbonyl (C=O) groups is 1. The number of carbonyl (C=O) groups excluding carboxylic acids is 1. The van der Waals surface area contributed by atoms with Crippen LogP contribution >= 0.6 is 0 Å². The third-order valence-electron chi connectivity index (χ3n) is 2.85. The second-order valence-electron chi connectivity index (χ2n) is 4.34. The largest absolute Gasteiger partial charge is 0.508 e. The summed E-state index contributed by atoms with van der Waals surface area (Å²) >= 11 is 0. The number of ether oxygens (including phenoxy) is 4. The Morgan fingerprint density at radius 1 is 1.43 bits per heavy atom. The molecular weight excluding hydrogens is 310 g/mol. The topological polar surface area (TPSA) is 144 Å². The zero-order valence-corrected chi connectivity index (χ0v) is 12.6. The van der Waals surface area contributed by atoms with Gasteiger partial charge in [0.15, 0.2) is 11.2 Å². The molecule has 2 heterocycles. The Morgan fingerprint density at radius 2 is 2.22 bits per heavy atom. The number of nitrogen functional groups attached to an aromatic ring is 1. The molecule has 0 aliphatic rings. The van der Waals surface area contributed by atoms with Crippen LogP contribution in [0, 0.1) is 0 Å². The zero-order valence-electron chi connectivity index (χ0n) is 12.6. The van der Waals surface area contributed by atoms with Crippen LogP contribution in [0.5, 0.6) is 5.88 Å². The number of rotatable bonds is 7. The fourth-order valence-corrected chi connectivity index (χ4v) is 1.73. The van der Waals surface area contributed by atoms with Crippen molar-refractivity contribution in [3.05, 3.63) is 6.33 Å². The van der Waals surface area contributed by atoms with Gasteiger partial charge >= 0.3 is 6.16 Å². The molecule has 126 valence electrons. The van der Waals surface area contributed by atoms with E-state index >= 15 is 0 Å². The van der Waals surface area contributed by atoms with Gasteiger partial charge in [-0.3, -0.25) is 4.57 Å². The van der Waals surface area contributed by atoms with Gasteiger partial charge < -0.3 is 29.8 Å². The average molecular weight is 327 g/mol. The number of aromatic nitrogens is 4. The highest BCUT2D eigenvalue weighted by Crippen LogP contribution is 2.21. The fourth-order valence-electron chi connectivity index (χ4n) is 1.73. The van der Waals surface area contributed by atoms with Crippen LogP contribution in [0.2, 0.25) is 0 Å². The van der Waals surface area contributed by atoms with Crippen LogP contribution in [0.1, 0.15) is 0 Å². The molecule has 11 nitrogen and oxygen atoms in total. The van der Waals surface area contributed by atoms with Gasteiger partial charge in [-0.05, 0) is 0 Å². The second kappa shape index (κ2) is 7.56. The number of nitrogens with zero attached hydrogens (tertiary/aromatic N) is 4. The molecule has 0 saturated carbocycles. The zero-order chi connectivity index (χ0) is 16.8. The predicted molar refractivity (Wildman–Crippen MR) is 76.6 cm³/mol. The monoisotopic (exact) mass is 327 g/mol. The van der Waals surface area contributed by atoms with Crippen LogP contribution < -0.4 is 10.5 Å². The third-order valence-corrected chi connectivity index (χ3v) is 2.85. The van der Waals surface area contributed by atoms with Crippen molar-refractivity contribution in [2.24, 2.45) is 0 Å². The normalized spacial score (nSPS) is 12.1. The van der Waals surface area contributed by atoms with E-state index in [4.69, 9.17) is 19.9 Å². The highest BCUT2D eigenvalue weighted by Gasteiger charge is 2.15. The first-order valence-electron chi connectivity index (χ1n) is 6.54. The number of imidazole rings is 1. The SMILES string of the molecule is COC(=O)OCC(CO)OCn1cnc2c(OC)nc(N)nc21. The maximum atomic E-state index is 10.9. The van der Waals surface area contributed by atoms with Crippen LogP contribution in [-0.4, -0.2) is 64.3 Å². The Bertz CT molecular complexity index is 675. The number of hydrogen-bond donors (Lipinski definition) is 2. The van der Waals surface area contributed by atoms with Gasteiger partial charge in [-0.25, -0.2) is 9.78 Å². The van der Waals surface area contributed by atoms with E-state index in [-0.39, 0.29) is 31.8 Å². The Labute approximate surface area is 130 Å². The fraction of sp³-hybridized carbons (Fsp3) is 0.500. The number of anilines is 1. The van der Waals surface area contributed by atoms with E-state index in [1.54, 1.807) is 4.57 Å². The van der Waals surface area contributed by atoms with E-state index < -0.39 is 12.3 Å². The average Bonchev–Trinajstić information content (AvgIpc) is 2.96. The lowest BCUT2D eigenvalue weighted by atomic mass is 10.4. The van der Waals surface area contributed by atoms with Gasteiger partial charge in [0, 0.05) is 0 Å². The molecule has 2 aromatic heterocycles. The molecule has 0 amide bonds. The molecular formula is C12H17N5O6. The lowest BCUT2D eigenvalue weighted by molar-refractivity contribution is -0.0595. The lowest BCUT2D eigenvalue weighted by Crippen LogP contribution is -2.26. The first-order valence-corrected chi connectivity index (χ1v) is 6.54. The summed E-state index contributed by atoms with van der Waals surface area (Å²) in [6, 6.07) is 0. The molecule has 2 rings (SSSR count). The number of aliphatic hydroxyl groups is 1. The van der Waals surface area contributed by atoms with Crippen LogP contribution in [0.15, 0.2) is 6.33 Å².